The second kappa shape index (κ2) is 7.03. The summed E-state index contributed by atoms with van der Waals surface area (Å²) >= 11 is 0. The first kappa shape index (κ1) is 18.0. The fraction of sp³-hybridized carbons (Fsp3) is 0.500. The molecule has 24 heavy (non-hydrogen) atoms. The minimum absolute atomic E-state index is 0.00257. The molecule has 6 heteroatoms. The van der Waals surface area contributed by atoms with E-state index in [-0.39, 0.29) is 30.7 Å². The van der Waals surface area contributed by atoms with Crippen LogP contribution in [0.1, 0.15) is 40.0 Å². The number of aliphatic carboxylic acids is 1. The SMILES string of the molecule is C[C@H]1C[C@@H](NC(=O)CC(C)(C)CC(=O)O)C(=O)N1c1ccccc1. The van der Waals surface area contributed by atoms with Gasteiger partial charge in [-0.2, -0.15) is 0 Å². The van der Waals surface area contributed by atoms with Crippen LogP contribution in [0.5, 0.6) is 0 Å². The summed E-state index contributed by atoms with van der Waals surface area (Å²) in [6.07, 6.45) is 0.521. The highest BCUT2D eigenvalue weighted by Crippen LogP contribution is 2.28. The van der Waals surface area contributed by atoms with Gasteiger partial charge in [0.1, 0.15) is 6.04 Å². The van der Waals surface area contributed by atoms with E-state index in [2.05, 4.69) is 5.32 Å². The fourth-order valence-electron chi connectivity index (χ4n) is 3.18. The van der Waals surface area contributed by atoms with Crippen LogP contribution in [0, 0.1) is 5.41 Å². The monoisotopic (exact) mass is 332 g/mol. The normalized spacial score (nSPS) is 21.0. The summed E-state index contributed by atoms with van der Waals surface area (Å²) in [4.78, 5) is 37.4. The largest absolute Gasteiger partial charge is 0.481 e. The molecule has 1 heterocycles. The lowest BCUT2D eigenvalue weighted by molar-refractivity contribution is -0.140. The molecule has 2 N–H and O–H groups in total. The van der Waals surface area contributed by atoms with Gasteiger partial charge in [0.15, 0.2) is 0 Å². The van der Waals surface area contributed by atoms with Crippen LogP contribution in [0.3, 0.4) is 0 Å². The lowest BCUT2D eigenvalue weighted by atomic mass is 9.85. The van der Waals surface area contributed by atoms with Gasteiger partial charge in [-0.1, -0.05) is 32.0 Å². The van der Waals surface area contributed by atoms with Gasteiger partial charge in [-0.15, -0.1) is 0 Å². The van der Waals surface area contributed by atoms with Gasteiger partial charge < -0.3 is 15.3 Å². The van der Waals surface area contributed by atoms with Crippen LogP contribution in [0.25, 0.3) is 0 Å². The van der Waals surface area contributed by atoms with Crippen molar-refractivity contribution in [3.63, 3.8) is 0 Å². The number of anilines is 1. The summed E-state index contributed by atoms with van der Waals surface area (Å²) in [6.45, 7) is 5.41. The second-order valence-electron chi connectivity index (χ2n) is 7.16. The van der Waals surface area contributed by atoms with Crippen molar-refractivity contribution in [3.05, 3.63) is 30.3 Å². The first-order chi connectivity index (χ1) is 11.2. The fourth-order valence-corrected chi connectivity index (χ4v) is 3.18. The average Bonchev–Trinajstić information content (AvgIpc) is 2.72. The van der Waals surface area contributed by atoms with Crippen LogP contribution < -0.4 is 10.2 Å². The highest BCUT2D eigenvalue weighted by molar-refractivity contribution is 6.02. The van der Waals surface area contributed by atoms with Crippen molar-refractivity contribution in [2.24, 2.45) is 5.41 Å². The zero-order valence-electron chi connectivity index (χ0n) is 14.3. The van der Waals surface area contributed by atoms with E-state index < -0.39 is 17.4 Å². The number of nitrogens with one attached hydrogen (secondary N) is 1. The number of amides is 2. The zero-order chi connectivity index (χ0) is 17.9. The molecule has 2 rings (SSSR count). The van der Waals surface area contributed by atoms with E-state index in [9.17, 15) is 14.4 Å². The molecule has 1 aromatic rings. The number of hydrogen-bond donors (Lipinski definition) is 2. The van der Waals surface area contributed by atoms with Crippen molar-refractivity contribution in [1.29, 1.82) is 0 Å². The molecule has 0 radical (unpaired) electrons. The van der Waals surface area contributed by atoms with Gasteiger partial charge in [-0.3, -0.25) is 14.4 Å². The Morgan fingerprint density at radius 3 is 2.46 bits per heavy atom. The highest BCUT2D eigenvalue weighted by atomic mass is 16.4. The molecule has 1 aliphatic rings. The first-order valence-corrected chi connectivity index (χ1v) is 8.09. The number of carboxylic acids is 1. The molecule has 1 fully saturated rings. The lowest BCUT2D eigenvalue weighted by Gasteiger charge is -2.23. The number of carbonyl (C=O) groups excluding carboxylic acids is 2. The van der Waals surface area contributed by atoms with E-state index in [0.29, 0.717) is 6.42 Å². The molecule has 1 aliphatic heterocycles. The summed E-state index contributed by atoms with van der Waals surface area (Å²) in [6, 6.07) is 8.80. The molecule has 0 aliphatic carbocycles. The average molecular weight is 332 g/mol. The molecule has 1 aromatic carbocycles. The van der Waals surface area contributed by atoms with Gasteiger partial charge in [0.2, 0.25) is 11.8 Å². The number of carbonyl (C=O) groups is 3. The number of carboxylic acid groups (broad SMARTS) is 1. The van der Waals surface area contributed by atoms with E-state index in [1.54, 1.807) is 18.7 Å². The van der Waals surface area contributed by atoms with Gasteiger partial charge in [-0.05, 0) is 30.9 Å². The van der Waals surface area contributed by atoms with E-state index >= 15 is 0 Å². The van der Waals surface area contributed by atoms with Crippen LogP contribution >= 0.6 is 0 Å². The number of para-hydroxylation sites is 1. The van der Waals surface area contributed by atoms with Crippen LogP contribution in [0.4, 0.5) is 5.69 Å². The predicted octanol–water partition coefficient (Wildman–Crippen LogP) is 2.19. The third-order valence-corrected chi connectivity index (χ3v) is 4.19. The molecule has 0 spiro atoms. The third kappa shape index (κ3) is 4.34. The molecule has 0 saturated carbocycles. The van der Waals surface area contributed by atoms with Crippen molar-refractivity contribution in [2.75, 3.05) is 4.90 Å². The summed E-state index contributed by atoms with van der Waals surface area (Å²) in [7, 11) is 0. The zero-order valence-corrected chi connectivity index (χ0v) is 14.3. The Hall–Kier alpha value is -2.37. The molecule has 130 valence electrons. The van der Waals surface area contributed by atoms with Crippen LogP contribution in [0.15, 0.2) is 30.3 Å². The number of hydrogen-bond acceptors (Lipinski definition) is 3. The summed E-state index contributed by atoms with van der Waals surface area (Å²) in [5.74, 6) is -1.35. The van der Waals surface area contributed by atoms with Crippen molar-refractivity contribution >= 4 is 23.5 Å². The van der Waals surface area contributed by atoms with Crippen molar-refractivity contribution in [2.45, 2.75) is 52.1 Å². The Labute approximate surface area is 141 Å². The molecule has 0 bridgehead atoms. The van der Waals surface area contributed by atoms with Gasteiger partial charge in [-0.25, -0.2) is 0 Å². The highest BCUT2D eigenvalue weighted by Gasteiger charge is 2.39. The van der Waals surface area contributed by atoms with Gasteiger partial charge in [0, 0.05) is 18.2 Å². The number of benzene rings is 1. The van der Waals surface area contributed by atoms with Crippen molar-refractivity contribution < 1.29 is 19.5 Å². The Morgan fingerprint density at radius 1 is 1.25 bits per heavy atom. The van der Waals surface area contributed by atoms with Crippen molar-refractivity contribution in [3.8, 4) is 0 Å². The maximum atomic E-state index is 12.6. The number of rotatable bonds is 6. The van der Waals surface area contributed by atoms with Crippen LogP contribution in [-0.2, 0) is 14.4 Å². The van der Waals surface area contributed by atoms with E-state index in [1.807, 2.05) is 37.3 Å². The van der Waals surface area contributed by atoms with E-state index in [1.165, 1.54) is 0 Å². The van der Waals surface area contributed by atoms with Crippen molar-refractivity contribution in [1.82, 2.24) is 5.32 Å². The standard InChI is InChI=1S/C18H24N2O4/c1-12-9-14(17(24)20(12)13-7-5-4-6-8-13)19-15(21)10-18(2,3)11-16(22)23/h4-8,12,14H,9-11H2,1-3H3,(H,19,21)(H,22,23)/t12-,14+/m0/s1. The minimum Gasteiger partial charge on any atom is -0.481 e. The quantitative estimate of drug-likeness (QED) is 0.836. The molecule has 1 saturated heterocycles. The Bertz CT molecular complexity index is 627. The minimum atomic E-state index is -0.936. The third-order valence-electron chi connectivity index (χ3n) is 4.19. The van der Waals surface area contributed by atoms with Gasteiger partial charge in [0.05, 0.1) is 6.42 Å². The maximum Gasteiger partial charge on any atom is 0.303 e. The lowest BCUT2D eigenvalue weighted by Crippen LogP contribution is -2.43. The molecule has 0 aromatic heterocycles. The Balaban J connectivity index is 2.00. The summed E-state index contributed by atoms with van der Waals surface area (Å²) < 4.78 is 0. The Kier molecular flexibility index (Phi) is 5.26. The summed E-state index contributed by atoms with van der Waals surface area (Å²) in [5.41, 5.74) is 0.167. The smallest absolute Gasteiger partial charge is 0.303 e. The van der Waals surface area contributed by atoms with Crippen LogP contribution in [0.2, 0.25) is 0 Å². The van der Waals surface area contributed by atoms with E-state index in [4.69, 9.17) is 5.11 Å². The van der Waals surface area contributed by atoms with E-state index in [0.717, 1.165) is 5.69 Å². The van der Waals surface area contributed by atoms with Crippen LogP contribution in [-0.4, -0.2) is 35.0 Å². The molecule has 0 unspecified atom stereocenters. The topological polar surface area (TPSA) is 86.7 Å². The number of nitrogens with zero attached hydrogens (tertiary/aromatic N) is 1. The molecule has 2 atom stereocenters. The molecule has 6 nitrogen and oxygen atoms in total. The summed E-state index contributed by atoms with van der Waals surface area (Å²) in [5, 5.41) is 11.7. The Morgan fingerprint density at radius 2 is 1.88 bits per heavy atom. The molecule has 2 amide bonds. The predicted molar refractivity (Wildman–Crippen MR) is 90.6 cm³/mol. The van der Waals surface area contributed by atoms with Gasteiger partial charge >= 0.3 is 5.97 Å². The van der Waals surface area contributed by atoms with Gasteiger partial charge in [0.25, 0.3) is 0 Å². The molecular formula is C18H24N2O4. The second-order valence-corrected chi connectivity index (χ2v) is 7.16. The maximum absolute atomic E-state index is 12.6. The first-order valence-electron chi connectivity index (χ1n) is 8.09. The molecular weight excluding hydrogens is 308 g/mol.